The van der Waals surface area contributed by atoms with Crippen LogP contribution < -0.4 is 10.1 Å². The summed E-state index contributed by atoms with van der Waals surface area (Å²) in [5.41, 5.74) is 1.31. The Morgan fingerprint density at radius 1 is 1.16 bits per heavy atom. The number of unbranched alkanes of at least 4 members (excludes halogenated alkanes) is 1. The molecule has 1 rings (SSSR count). The molecular formula is C16H28N2O. The van der Waals surface area contributed by atoms with Crippen molar-refractivity contribution in [2.45, 2.75) is 39.3 Å². The van der Waals surface area contributed by atoms with E-state index in [0.29, 0.717) is 6.04 Å². The van der Waals surface area contributed by atoms with Crippen LogP contribution >= 0.6 is 0 Å². The van der Waals surface area contributed by atoms with Crippen LogP contribution in [0.2, 0.25) is 0 Å². The lowest BCUT2D eigenvalue weighted by Gasteiger charge is -2.20. The summed E-state index contributed by atoms with van der Waals surface area (Å²) < 4.78 is 5.14. The molecule has 3 nitrogen and oxygen atoms in total. The van der Waals surface area contributed by atoms with Crippen molar-refractivity contribution < 1.29 is 4.74 Å². The van der Waals surface area contributed by atoms with Crippen molar-refractivity contribution in [3.05, 3.63) is 29.8 Å². The van der Waals surface area contributed by atoms with Gasteiger partial charge in [0.2, 0.25) is 0 Å². The lowest BCUT2D eigenvalue weighted by molar-refractivity contribution is 0.268. The largest absolute Gasteiger partial charge is 0.497 e. The predicted octanol–water partition coefficient (Wildman–Crippen LogP) is 2.91. The van der Waals surface area contributed by atoms with Gasteiger partial charge in [0.1, 0.15) is 5.75 Å². The highest BCUT2D eigenvalue weighted by atomic mass is 16.5. The van der Waals surface area contributed by atoms with Gasteiger partial charge in [-0.1, -0.05) is 12.1 Å². The number of benzene rings is 1. The molecule has 1 aromatic carbocycles. The molecule has 0 saturated heterocycles. The summed E-state index contributed by atoms with van der Waals surface area (Å²) in [4.78, 5) is 2.39. The molecule has 19 heavy (non-hydrogen) atoms. The van der Waals surface area contributed by atoms with Gasteiger partial charge in [0.15, 0.2) is 0 Å². The molecule has 0 unspecified atom stereocenters. The molecule has 0 bridgehead atoms. The maximum Gasteiger partial charge on any atom is 0.118 e. The number of hydrogen-bond acceptors (Lipinski definition) is 3. The molecule has 0 aliphatic carbocycles. The monoisotopic (exact) mass is 264 g/mol. The quantitative estimate of drug-likeness (QED) is 0.694. The number of nitrogens with one attached hydrogen (secondary N) is 1. The Labute approximate surface area is 118 Å². The van der Waals surface area contributed by atoms with Crippen LogP contribution in [0.3, 0.4) is 0 Å². The number of rotatable bonds is 9. The first-order valence-electron chi connectivity index (χ1n) is 7.17. The third kappa shape index (κ3) is 6.60. The Morgan fingerprint density at radius 2 is 1.84 bits per heavy atom. The molecule has 0 radical (unpaired) electrons. The van der Waals surface area contributed by atoms with Crippen molar-refractivity contribution in [3.8, 4) is 5.75 Å². The van der Waals surface area contributed by atoms with E-state index in [1.807, 2.05) is 12.1 Å². The highest BCUT2D eigenvalue weighted by Crippen LogP contribution is 2.10. The first kappa shape index (κ1) is 16.0. The fourth-order valence-corrected chi connectivity index (χ4v) is 1.85. The summed E-state index contributed by atoms with van der Waals surface area (Å²) in [6.45, 7) is 7.67. The van der Waals surface area contributed by atoms with Gasteiger partial charge in [0, 0.05) is 12.6 Å². The second-order valence-electron chi connectivity index (χ2n) is 5.31. The summed E-state index contributed by atoms with van der Waals surface area (Å²) in [7, 11) is 3.89. The second kappa shape index (κ2) is 8.94. The highest BCUT2D eigenvalue weighted by Gasteiger charge is 2.01. The SMILES string of the molecule is COc1ccc(CNCCCCN(C)C(C)C)cc1. The summed E-state index contributed by atoms with van der Waals surface area (Å²) in [6.07, 6.45) is 2.48. The molecule has 0 fully saturated rings. The summed E-state index contributed by atoms with van der Waals surface area (Å²) in [6, 6.07) is 8.88. The molecule has 0 heterocycles. The van der Waals surface area contributed by atoms with E-state index >= 15 is 0 Å². The summed E-state index contributed by atoms with van der Waals surface area (Å²) in [5.74, 6) is 0.917. The van der Waals surface area contributed by atoms with Gasteiger partial charge >= 0.3 is 0 Å². The van der Waals surface area contributed by atoms with E-state index in [1.165, 1.54) is 24.9 Å². The molecule has 0 saturated carbocycles. The third-order valence-corrected chi connectivity index (χ3v) is 3.48. The van der Waals surface area contributed by atoms with Crippen molar-refractivity contribution in [1.82, 2.24) is 10.2 Å². The zero-order valence-corrected chi connectivity index (χ0v) is 12.8. The molecule has 0 aliphatic rings. The molecule has 0 aromatic heterocycles. The van der Waals surface area contributed by atoms with Crippen LogP contribution in [0.15, 0.2) is 24.3 Å². The Bertz CT molecular complexity index is 335. The number of ether oxygens (including phenoxy) is 1. The van der Waals surface area contributed by atoms with Crippen LogP contribution in [-0.4, -0.2) is 38.2 Å². The van der Waals surface area contributed by atoms with Crippen molar-refractivity contribution in [3.63, 3.8) is 0 Å². The van der Waals surface area contributed by atoms with Crippen LogP contribution in [-0.2, 0) is 6.54 Å². The molecule has 1 aromatic rings. The predicted molar refractivity (Wildman–Crippen MR) is 81.7 cm³/mol. The lowest BCUT2D eigenvalue weighted by atomic mass is 10.2. The fourth-order valence-electron chi connectivity index (χ4n) is 1.85. The third-order valence-electron chi connectivity index (χ3n) is 3.48. The first-order chi connectivity index (χ1) is 9.13. The smallest absolute Gasteiger partial charge is 0.118 e. The van der Waals surface area contributed by atoms with Gasteiger partial charge in [-0.2, -0.15) is 0 Å². The molecule has 1 N–H and O–H groups in total. The Hall–Kier alpha value is -1.06. The number of methoxy groups -OCH3 is 1. The standard InChI is InChI=1S/C16H28N2O/c1-14(2)18(3)12-6-5-11-17-13-15-7-9-16(19-4)10-8-15/h7-10,14,17H,5-6,11-13H2,1-4H3. The Morgan fingerprint density at radius 3 is 2.42 bits per heavy atom. The minimum atomic E-state index is 0.646. The van der Waals surface area contributed by atoms with E-state index in [4.69, 9.17) is 4.74 Å². The van der Waals surface area contributed by atoms with Gasteiger partial charge in [-0.25, -0.2) is 0 Å². The van der Waals surface area contributed by atoms with Crippen molar-refractivity contribution >= 4 is 0 Å². The van der Waals surface area contributed by atoms with E-state index in [0.717, 1.165) is 18.8 Å². The Balaban J connectivity index is 2.07. The van der Waals surface area contributed by atoms with Crippen LogP contribution in [0, 0.1) is 0 Å². The maximum atomic E-state index is 5.14. The molecular weight excluding hydrogens is 236 g/mol. The Kier molecular flexibility index (Phi) is 7.53. The van der Waals surface area contributed by atoms with E-state index in [9.17, 15) is 0 Å². The first-order valence-corrected chi connectivity index (χ1v) is 7.17. The zero-order valence-electron chi connectivity index (χ0n) is 12.8. The number of nitrogens with zero attached hydrogens (tertiary/aromatic N) is 1. The van der Waals surface area contributed by atoms with Gasteiger partial charge in [0.05, 0.1) is 7.11 Å². The van der Waals surface area contributed by atoms with E-state index in [-0.39, 0.29) is 0 Å². The van der Waals surface area contributed by atoms with E-state index < -0.39 is 0 Å². The second-order valence-corrected chi connectivity index (χ2v) is 5.31. The van der Waals surface area contributed by atoms with Crippen LogP contribution in [0.5, 0.6) is 5.75 Å². The maximum absolute atomic E-state index is 5.14. The normalized spacial score (nSPS) is 11.3. The summed E-state index contributed by atoms with van der Waals surface area (Å²) >= 11 is 0. The molecule has 0 atom stereocenters. The lowest BCUT2D eigenvalue weighted by Crippen LogP contribution is -2.27. The minimum absolute atomic E-state index is 0.646. The van der Waals surface area contributed by atoms with Crippen molar-refractivity contribution in [2.75, 3.05) is 27.2 Å². The van der Waals surface area contributed by atoms with E-state index in [1.54, 1.807) is 7.11 Å². The van der Waals surface area contributed by atoms with Crippen LogP contribution in [0.25, 0.3) is 0 Å². The molecule has 0 amide bonds. The summed E-state index contributed by atoms with van der Waals surface area (Å²) in [5, 5.41) is 3.48. The minimum Gasteiger partial charge on any atom is -0.497 e. The molecule has 108 valence electrons. The van der Waals surface area contributed by atoms with Gasteiger partial charge in [-0.3, -0.25) is 0 Å². The topological polar surface area (TPSA) is 24.5 Å². The van der Waals surface area contributed by atoms with Crippen molar-refractivity contribution in [2.24, 2.45) is 0 Å². The fraction of sp³-hybridized carbons (Fsp3) is 0.625. The van der Waals surface area contributed by atoms with Crippen LogP contribution in [0.4, 0.5) is 0 Å². The number of hydrogen-bond donors (Lipinski definition) is 1. The zero-order chi connectivity index (χ0) is 14.1. The average Bonchev–Trinajstić information content (AvgIpc) is 2.42. The highest BCUT2D eigenvalue weighted by molar-refractivity contribution is 5.26. The van der Waals surface area contributed by atoms with Gasteiger partial charge < -0.3 is 15.0 Å². The van der Waals surface area contributed by atoms with E-state index in [2.05, 4.69) is 43.2 Å². The van der Waals surface area contributed by atoms with Gasteiger partial charge in [0.25, 0.3) is 0 Å². The van der Waals surface area contributed by atoms with Gasteiger partial charge in [-0.15, -0.1) is 0 Å². The van der Waals surface area contributed by atoms with Crippen LogP contribution in [0.1, 0.15) is 32.3 Å². The average molecular weight is 264 g/mol. The van der Waals surface area contributed by atoms with Gasteiger partial charge in [-0.05, 0) is 64.5 Å². The molecule has 0 aliphatic heterocycles. The molecule has 0 spiro atoms. The molecule has 3 heteroatoms. The van der Waals surface area contributed by atoms with Crippen molar-refractivity contribution in [1.29, 1.82) is 0 Å².